The van der Waals surface area contributed by atoms with Gasteiger partial charge in [-0.3, -0.25) is 14.4 Å². The van der Waals surface area contributed by atoms with Crippen LogP contribution >= 0.6 is 0 Å². The SMILES string of the molecule is CCCC(=O)N(C)[C@H](CCN)C(=O)N(C)[C@H](C(N)=O)C(C)C. The number of nitrogens with two attached hydrogens (primary N) is 2. The van der Waals surface area contributed by atoms with Crippen molar-refractivity contribution in [3.63, 3.8) is 0 Å². The Morgan fingerprint density at radius 1 is 1.09 bits per heavy atom. The zero-order chi connectivity index (χ0) is 17.4. The van der Waals surface area contributed by atoms with Crippen LogP contribution in [0, 0.1) is 5.92 Å². The lowest BCUT2D eigenvalue weighted by Gasteiger charge is -2.35. The van der Waals surface area contributed by atoms with Crippen LogP contribution in [0.3, 0.4) is 0 Å². The first-order valence-corrected chi connectivity index (χ1v) is 7.70. The third-order valence-corrected chi connectivity index (χ3v) is 3.74. The van der Waals surface area contributed by atoms with Crippen LogP contribution in [0.15, 0.2) is 0 Å². The van der Waals surface area contributed by atoms with Crippen LogP contribution in [-0.2, 0) is 14.4 Å². The summed E-state index contributed by atoms with van der Waals surface area (Å²) in [6.07, 6.45) is 1.43. The predicted octanol–water partition coefficient (Wildman–Crippen LogP) is -0.0694. The highest BCUT2D eigenvalue weighted by atomic mass is 16.2. The minimum Gasteiger partial charge on any atom is -0.368 e. The standard InChI is InChI=1S/C15H30N4O3/c1-6-7-12(20)18(4)11(8-9-16)15(22)19(5)13(10(2)3)14(17)21/h10-11,13H,6-9,16H2,1-5H3,(H2,17,21)/t11-,13+/m1/s1. The van der Waals surface area contributed by atoms with E-state index >= 15 is 0 Å². The first kappa shape index (κ1) is 20.4. The van der Waals surface area contributed by atoms with E-state index in [9.17, 15) is 14.4 Å². The van der Waals surface area contributed by atoms with Crippen LogP contribution < -0.4 is 11.5 Å². The molecule has 0 bridgehead atoms. The number of nitrogens with zero attached hydrogens (tertiary/aromatic N) is 2. The van der Waals surface area contributed by atoms with Gasteiger partial charge in [-0.05, 0) is 25.3 Å². The Hall–Kier alpha value is -1.63. The normalized spacial score (nSPS) is 13.6. The van der Waals surface area contributed by atoms with Gasteiger partial charge in [-0.1, -0.05) is 20.8 Å². The monoisotopic (exact) mass is 314 g/mol. The minimum atomic E-state index is -0.706. The molecule has 3 amide bonds. The van der Waals surface area contributed by atoms with Crippen molar-refractivity contribution in [1.82, 2.24) is 9.80 Å². The molecular weight excluding hydrogens is 284 g/mol. The number of amides is 3. The maximum atomic E-state index is 12.7. The molecule has 0 aromatic rings. The first-order chi connectivity index (χ1) is 10.2. The van der Waals surface area contributed by atoms with Crippen molar-refractivity contribution in [2.24, 2.45) is 17.4 Å². The van der Waals surface area contributed by atoms with E-state index < -0.39 is 18.0 Å². The maximum Gasteiger partial charge on any atom is 0.245 e. The molecule has 0 rings (SSSR count). The molecule has 0 aliphatic heterocycles. The highest BCUT2D eigenvalue weighted by Gasteiger charge is 2.34. The first-order valence-electron chi connectivity index (χ1n) is 7.70. The molecule has 0 heterocycles. The summed E-state index contributed by atoms with van der Waals surface area (Å²) in [6, 6.07) is -1.38. The van der Waals surface area contributed by atoms with Gasteiger partial charge in [0.2, 0.25) is 17.7 Å². The summed E-state index contributed by atoms with van der Waals surface area (Å²) in [6.45, 7) is 5.82. The summed E-state index contributed by atoms with van der Waals surface area (Å²) in [5.41, 5.74) is 11.0. The second-order valence-corrected chi connectivity index (χ2v) is 5.89. The molecule has 22 heavy (non-hydrogen) atoms. The average molecular weight is 314 g/mol. The van der Waals surface area contributed by atoms with E-state index in [-0.39, 0.29) is 24.3 Å². The Bertz CT molecular complexity index is 398. The Balaban J connectivity index is 5.27. The molecular formula is C15H30N4O3. The lowest BCUT2D eigenvalue weighted by Crippen LogP contribution is -2.55. The summed E-state index contributed by atoms with van der Waals surface area (Å²) >= 11 is 0. The summed E-state index contributed by atoms with van der Waals surface area (Å²) in [7, 11) is 3.14. The molecule has 7 heteroatoms. The zero-order valence-electron chi connectivity index (χ0n) is 14.3. The molecule has 0 aromatic heterocycles. The second-order valence-electron chi connectivity index (χ2n) is 5.89. The van der Waals surface area contributed by atoms with Crippen molar-refractivity contribution in [3.8, 4) is 0 Å². The molecule has 128 valence electrons. The zero-order valence-corrected chi connectivity index (χ0v) is 14.3. The molecule has 0 unspecified atom stereocenters. The van der Waals surface area contributed by atoms with Gasteiger partial charge in [0.15, 0.2) is 0 Å². The maximum absolute atomic E-state index is 12.7. The molecule has 0 fully saturated rings. The number of likely N-dealkylation sites (N-methyl/N-ethyl adjacent to an activating group) is 2. The summed E-state index contributed by atoms with van der Waals surface area (Å²) in [5.74, 6) is -1.08. The van der Waals surface area contributed by atoms with Gasteiger partial charge in [0.25, 0.3) is 0 Å². The van der Waals surface area contributed by atoms with Crippen molar-refractivity contribution >= 4 is 17.7 Å². The smallest absolute Gasteiger partial charge is 0.245 e. The fraction of sp³-hybridized carbons (Fsp3) is 0.800. The third kappa shape index (κ3) is 5.29. The highest BCUT2D eigenvalue weighted by molar-refractivity contribution is 5.91. The highest BCUT2D eigenvalue weighted by Crippen LogP contribution is 2.14. The van der Waals surface area contributed by atoms with Gasteiger partial charge in [-0.25, -0.2) is 0 Å². The molecule has 0 aliphatic rings. The van der Waals surface area contributed by atoms with Crippen molar-refractivity contribution in [2.75, 3.05) is 20.6 Å². The molecule has 0 saturated heterocycles. The van der Waals surface area contributed by atoms with E-state index in [1.165, 1.54) is 9.80 Å². The molecule has 0 aromatic carbocycles. The quantitative estimate of drug-likeness (QED) is 0.620. The summed E-state index contributed by atoms with van der Waals surface area (Å²) < 4.78 is 0. The lowest BCUT2D eigenvalue weighted by molar-refractivity contribution is -0.148. The summed E-state index contributed by atoms with van der Waals surface area (Å²) in [5, 5.41) is 0. The molecule has 0 saturated carbocycles. The van der Waals surface area contributed by atoms with Crippen LogP contribution in [0.4, 0.5) is 0 Å². The molecule has 0 spiro atoms. The van der Waals surface area contributed by atoms with Crippen molar-refractivity contribution in [2.45, 2.75) is 52.1 Å². The summed E-state index contributed by atoms with van der Waals surface area (Å²) in [4.78, 5) is 39.1. The van der Waals surface area contributed by atoms with E-state index in [2.05, 4.69) is 0 Å². The van der Waals surface area contributed by atoms with Gasteiger partial charge in [0.1, 0.15) is 12.1 Å². The van der Waals surface area contributed by atoms with Crippen LogP contribution in [0.2, 0.25) is 0 Å². The Morgan fingerprint density at radius 3 is 2.00 bits per heavy atom. The van der Waals surface area contributed by atoms with Crippen LogP contribution in [-0.4, -0.2) is 60.2 Å². The number of hydrogen-bond donors (Lipinski definition) is 2. The van der Waals surface area contributed by atoms with Crippen molar-refractivity contribution < 1.29 is 14.4 Å². The van der Waals surface area contributed by atoms with E-state index in [0.29, 0.717) is 19.3 Å². The van der Waals surface area contributed by atoms with E-state index in [4.69, 9.17) is 11.5 Å². The van der Waals surface area contributed by atoms with Gasteiger partial charge < -0.3 is 21.3 Å². The number of carbonyl (C=O) groups excluding carboxylic acids is 3. The second kappa shape index (κ2) is 9.40. The molecule has 0 aliphatic carbocycles. The molecule has 4 N–H and O–H groups in total. The number of hydrogen-bond acceptors (Lipinski definition) is 4. The van der Waals surface area contributed by atoms with Crippen LogP contribution in [0.1, 0.15) is 40.0 Å². The van der Waals surface area contributed by atoms with E-state index in [1.807, 2.05) is 20.8 Å². The Morgan fingerprint density at radius 2 is 1.64 bits per heavy atom. The van der Waals surface area contributed by atoms with Gasteiger partial charge in [-0.15, -0.1) is 0 Å². The predicted molar refractivity (Wildman–Crippen MR) is 85.7 cm³/mol. The van der Waals surface area contributed by atoms with Crippen molar-refractivity contribution in [1.29, 1.82) is 0 Å². The largest absolute Gasteiger partial charge is 0.368 e. The van der Waals surface area contributed by atoms with E-state index in [0.717, 1.165) is 0 Å². The van der Waals surface area contributed by atoms with Crippen LogP contribution in [0.5, 0.6) is 0 Å². The lowest BCUT2D eigenvalue weighted by atomic mass is 10.0. The minimum absolute atomic E-state index is 0.108. The van der Waals surface area contributed by atoms with Gasteiger partial charge in [-0.2, -0.15) is 0 Å². The van der Waals surface area contributed by atoms with Gasteiger partial charge >= 0.3 is 0 Å². The molecule has 0 radical (unpaired) electrons. The Labute approximate surface area is 133 Å². The topological polar surface area (TPSA) is 110 Å². The van der Waals surface area contributed by atoms with E-state index in [1.54, 1.807) is 14.1 Å². The number of carbonyl (C=O) groups is 3. The molecule has 2 atom stereocenters. The van der Waals surface area contributed by atoms with Crippen molar-refractivity contribution in [3.05, 3.63) is 0 Å². The number of primary amides is 1. The average Bonchev–Trinajstić information content (AvgIpc) is 2.42. The van der Waals surface area contributed by atoms with Crippen LogP contribution in [0.25, 0.3) is 0 Å². The number of rotatable bonds is 9. The van der Waals surface area contributed by atoms with Gasteiger partial charge in [0, 0.05) is 20.5 Å². The fourth-order valence-electron chi connectivity index (χ4n) is 2.54. The third-order valence-electron chi connectivity index (χ3n) is 3.74. The molecule has 7 nitrogen and oxygen atoms in total. The Kier molecular flexibility index (Phi) is 8.70. The fourth-order valence-corrected chi connectivity index (χ4v) is 2.54. The van der Waals surface area contributed by atoms with Gasteiger partial charge in [0.05, 0.1) is 0 Å².